The normalized spacial score (nSPS) is 10.5. The first-order valence-electron chi connectivity index (χ1n) is 6.68. The molecule has 1 amide bonds. The molecule has 0 saturated carbocycles. The molecule has 2 rings (SSSR count). The summed E-state index contributed by atoms with van der Waals surface area (Å²) in [5, 5.41) is 0. The van der Waals surface area contributed by atoms with Crippen molar-refractivity contribution in [3.05, 3.63) is 50.1 Å². The maximum atomic E-state index is 12.3. The van der Waals surface area contributed by atoms with E-state index in [1.54, 1.807) is 11.9 Å². The van der Waals surface area contributed by atoms with E-state index in [2.05, 4.69) is 15.9 Å². The van der Waals surface area contributed by atoms with Crippen molar-refractivity contribution >= 4 is 33.2 Å². The quantitative estimate of drug-likeness (QED) is 0.789. The molecule has 0 unspecified atom stereocenters. The lowest BCUT2D eigenvalue weighted by molar-refractivity contribution is 0.0778. The Labute approximate surface area is 137 Å². The van der Waals surface area contributed by atoms with Crippen LogP contribution in [0.4, 0.5) is 0 Å². The predicted molar refractivity (Wildman–Crippen MR) is 90.4 cm³/mol. The van der Waals surface area contributed by atoms with Gasteiger partial charge in [0.05, 0.1) is 15.2 Å². The van der Waals surface area contributed by atoms with Gasteiger partial charge in [0.1, 0.15) is 12.4 Å². The fourth-order valence-corrected chi connectivity index (χ4v) is 3.39. The van der Waals surface area contributed by atoms with Gasteiger partial charge in [-0.15, -0.1) is 11.3 Å². The molecule has 0 radical (unpaired) electrons. The molecule has 0 aliphatic heterocycles. The molecule has 0 atom stereocenters. The van der Waals surface area contributed by atoms with Crippen molar-refractivity contribution < 1.29 is 9.53 Å². The highest BCUT2D eigenvalue weighted by Gasteiger charge is 2.15. The van der Waals surface area contributed by atoms with Gasteiger partial charge in [-0.2, -0.15) is 0 Å². The molecule has 0 bridgehead atoms. The van der Waals surface area contributed by atoms with E-state index in [0.29, 0.717) is 13.2 Å². The SMILES string of the molecule is Cc1cccc(OCCN(C)C(=O)c2cc(C)c(Br)s2)c1. The van der Waals surface area contributed by atoms with Gasteiger partial charge in [-0.05, 0) is 59.1 Å². The minimum Gasteiger partial charge on any atom is -0.492 e. The first-order chi connectivity index (χ1) is 9.97. The van der Waals surface area contributed by atoms with E-state index in [1.165, 1.54) is 11.3 Å². The number of ether oxygens (including phenoxy) is 1. The van der Waals surface area contributed by atoms with Crippen molar-refractivity contribution in [2.45, 2.75) is 13.8 Å². The van der Waals surface area contributed by atoms with Crippen LogP contribution < -0.4 is 4.74 Å². The van der Waals surface area contributed by atoms with Gasteiger partial charge in [-0.25, -0.2) is 0 Å². The van der Waals surface area contributed by atoms with E-state index in [1.807, 2.05) is 44.2 Å². The maximum absolute atomic E-state index is 12.3. The summed E-state index contributed by atoms with van der Waals surface area (Å²) in [5.74, 6) is 0.868. The van der Waals surface area contributed by atoms with Crippen molar-refractivity contribution in [3.63, 3.8) is 0 Å². The number of aryl methyl sites for hydroxylation is 2. The Hall–Kier alpha value is -1.33. The van der Waals surface area contributed by atoms with E-state index >= 15 is 0 Å². The second-order valence-corrected chi connectivity index (χ2v) is 7.33. The minimum atomic E-state index is 0.0293. The number of halogens is 1. The molecule has 3 nitrogen and oxygen atoms in total. The number of thiophene rings is 1. The molecule has 1 aromatic heterocycles. The molecule has 0 saturated heterocycles. The summed E-state index contributed by atoms with van der Waals surface area (Å²) >= 11 is 4.91. The van der Waals surface area contributed by atoms with Crippen LogP contribution in [-0.2, 0) is 0 Å². The van der Waals surface area contributed by atoms with E-state index in [4.69, 9.17) is 4.74 Å². The number of carbonyl (C=O) groups excluding carboxylic acids is 1. The Morgan fingerprint density at radius 2 is 2.10 bits per heavy atom. The second-order valence-electron chi connectivity index (χ2n) is 4.96. The molecule has 0 fully saturated rings. The van der Waals surface area contributed by atoms with Crippen molar-refractivity contribution in [3.8, 4) is 5.75 Å². The van der Waals surface area contributed by atoms with Crippen LogP contribution in [0.5, 0.6) is 5.75 Å². The van der Waals surface area contributed by atoms with Gasteiger partial charge in [0, 0.05) is 7.05 Å². The number of nitrogens with zero attached hydrogens (tertiary/aromatic N) is 1. The Kier molecular flexibility index (Phi) is 5.42. The van der Waals surface area contributed by atoms with E-state index < -0.39 is 0 Å². The van der Waals surface area contributed by atoms with Gasteiger partial charge in [0.2, 0.25) is 0 Å². The summed E-state index contributed by atoms with van der Waals surface area (Å²) in [5.41, 5.74) is 2.25. The van der Waals surface area contributed by atoms with Gasteiger partial charge in [-0.1, -0.05) is 12.1 Å². The van der Waals surface area contributed by atoms with Crippen LogP contribution in [0.15, 0.2) is 34.1 Å². The van der Waals surface area contributed by atoms with Crippen LogP contribution in [0.25, 0.3) is 0 Å². The zero-order valence-corrected chi connectivity index (χ0v) is 14.8. The summed E-state index contributed by atoms with van der Waals surface area (Å²) in [6.07, 6.45) is 0. The van der Waals surface area contributed by atoms with Crippen molar-refractivity contribution in [2.24, 2.45) is 0 Å². The number of hydrogen-bond acceptors (Lipinski definition) is 3. The summed E-state index contributed by atoms with van der Waals surface area (Å²) in [6, 6.07) is 9.82. The zero-order chi connectivity index (χ0) is 15.4. The van der Waals surface area contributed by atoms with Crippen molar-refractivity contribution in [1.82, 2.24) is 4.90 Å². The van der Waals surface area contributed by atoms with Gasteiger partial charge >= 0.3 is 0 Å². The third kappa shape index (κ3) is 4.32. The molecule has 0 aliphatic rings. The largest absolute Gasteiger partial charge is 0.492 e. The van der Waals surface area contributed by atoms with Crippen LogP contribution >= 0.6 is 27.3 Å². The standard InChI is InChI=1S/C16H18BrNO2S/c1-11-5-4-6-13(9-11)20-8-7-18(3)16(19)14-10-12(2)15(17)21-14/h4-6,9-10H,7-8H2,1-3H3. The summed E-state index contributed by atoms with van der Waals surface area (Å²) in [7, 11) is 1.80. The van der Waals surface area contributed by atoms with E-state index in [9.17, 15) is 4.79 Å². The smallest absolute Gasteiger partial charge is 0.263 e. The number of rotatable bonds is 5. The Morgan fingerprint density at radius 3 is 2.71 bits per heavy atom. The summed E-state index contributed by atoms with van der Waals surface area (Å²) in [4.78, 5) is 14.7. The first kappa shape index (κ1) is 16.0. The third-order valence-electron chi connectivity index (χ3n) is 3.10. The molecule has 2 aromatic rings. The van der Waals surface area contributed by atoms with E-state index in [0.717, 1.165) is 25.5 Å². The number of benzene rings is 1. The zero-order valence-electron chi connectivity index (χ0n) is 12.4. The van der Waals surface area contributed by atoms with Crippen molar-refractivity contribution in [2.75, 3.05) is 20.2 Å². The van der Waals surface area contributed by atoms with Crippen LogP contribution in [0.1, 0.15) is 20.8 Å². The molecule has 0 N–H and O–H groups in total. The molecular formula is C16H18BrNO2S. The molecule has 0 spiro atoms. The van der Waals surface area contributed by atoms with Crippen LogP contribution in [0.3, 0.4) is 0 Å². The molecule has 21 heavy (non-hydrogen) atoms. The summed E-state index contributed by atoms with van der Waals surface area (Å²) in [6.45, 7) is 5.05. The van der Waals surface area contributed by atoms with E-state index in [-0.39, 0.29) is 5.91 Å². The Balaban J connectivity index is 1.87. The highest BCUT2D eigenvalue weighted by Crippen LogP contribution is 2.28. The lowest BCUT2D eigenvalue weighted by Crippen LogP contribution is -2.30. The monoisotopic (exact) mass is 367 g/mol. The lowest BCUT2D eigenvalue weighted by Gasteiger charge is -2.16. The number of carbonyl (C=O) groups is 1. The third-order valence-corrected chi connectivity index (χ3v) is 5.22. The number of amides is 1. The summed E-state index contributed by atoms with van der Waals surface area (Å²) < 4.78 is 6.68. The Bertz CT molecular complexity index is 619. The second kappa shape index (κ2) is 7.09. The van der Waals surface area contributed by atoms with Crippen molar-refractivity contribution in [1.29, 1.82) is 0 Å². The Morgan fingerprint density at radius 1 is 1.33 bits per heavy atom. The highest BCUT2D eigenvalue weighted by molar-refractivity contribution is 9.11. The molecular weight excluding hydrogens is 350 g/mol. The van der Waals surface area contributed by atoms with Crippen LogP contribution in [0.2, 0.25) is 0 Å². The highest BCUT2D eigenvalue weighted by atomic mass is 79.9. The van der Waals surface area contributed by atoms with Gasteiger partial charge < -0.3 is 9.64 Å². The van der Waals surface area contributed by atoms with Gasteiger partial charge in [0.25, 0.3) is 5.91 Å². The van der Waals surface area contributed by atoms with Crippen LogP contribution in [0, 0.1) is 13.8 Å². The molecule has 0 aliphatic carbocycles. The topological polar surface area (TPSA) is 29.5 Å². The van der Waals surface area contributed by atoms with Gasteiger partial charge in [0.15, 0.2) is 0 Å². The molecule has 5 heteroatoms. The number of hydrogen-bond donors (Lipinski definition) is 0. The van der Waals surface area contributed by atoms with Crippen LogP contribution in [-0.4, -0.2) is 31.0 Å². The predicted octanol–water partition coefficient (Wildman–Crippen LogP) is 4.28. The minimum absolute atomic E-state index is 0.0293. The first-order valence-corrected chi connectivity index (χ1v) is 8.29. The molecule has 1 heterocycles. The lowest BCUT2D eigenvalue weighted by atomic mass is 10.2. The fourth-order valence-electron chi connectivity index (χ4n) is 1.86. The molecule has 112 valence electrons. The molecule has 1 aromatic carbocycles. The average Bonchev–Trinajstić information content (AvgIpc) is 2.78. The average molecular weight is 368 g/mol. The van der Waals surface area contributed by atoms with Gasteiger partial charge in [-0.3, -0.25) is 4.79 Å². The maximum Gasteiger partial charge on any atom is 0.263 e. The number of likely N-dealkylation sites (N-methyl/N-ethyl adjacent to an activating group) is 1. The fraction of sp³-hybridized carbons (Fsp3) is 0.312.